The second kappa shape index (κ2) is 7.18. The summed E-state index contributed by atoms with van der Waals surface area (Å²) in [4.78, 5) is 1.03. The molecule has 1 aromatic carbocycles. The van der Waals surface area contributed by atoms with Crippen LogP contribution in [-0.4, -0.2) is 14.2 Å². The minimum Gasteiger partial charge on any atom is -0.493 e. The van der Waals surface area contributed by atoms with Crippen molar-refractivity contribution in [3.8, 4) is 11.5 Å². The Kier molecular flexibility index (Phi) is 5.54. The van der Waals surface area contributed by atoms with Crippen LogP contribution in [-0.2, 0) is 13.2 Å². The lowest BCUT2D eigenvalue weighted by Crippen LogP contribution is -2.06. The highest BCUT2D eigenvalue weighted by Gasteiger charge is 2.12. The van der Waals surface area contributed by atoms with Crippen LogP contribution in [0.5, 0.6) is 11.5 Å². The Balaban J connectivity index is 2.17. The summed E-state index contributed by atoms with van der Waals surface area (Å²) >= 11 is 13.6. The average Bonchev–Trinajstić information content (AvgIpc) is 2.83. The van der Waals surface area contributed by atoms with Gasteiger partial charge < -0.3 is 14.8 Å². The zero-order valence-corrected chi connectivity index (χ0v) is 13.5. The van der Waals surface area contributed by atoms with Gasteiger partial charge in [0.2, 0.25) is 0 Å². The Labute approximate surface area is 132 Å². The SMILES string of the molecule is CNCc1cc(Cl)c(OCc2ccc(Cl)s2)c(OC)c1. The third-order valence-electron chi connectivity index (χ3n) is 2.66. The van der Waals surface area contributed by atoms with Gasteiger partial charge in [-0.15, -0.1) is 11.3 Å². The molecule has 3 nitrogen and oxygen atoms in total. The third-order valence-corrected chi connectivity index (χ3v) is 4.14. The topological polar surface area (TPSA) is 30.5 Å². The first kappa shape index (κ1) is 15.4. The van der Waals surface area contributed by atoms with E-state index in [0.29, 0.717) is 23.1 Å². The Bertz CT molecular complexity index is 587. The van der Waals surface area contributed by atoms with E-state index < -0.39 is 0 Å². The highest BCUT2D eigenvalue weighted by atomic mass is 35.5. The number of hydrogen-bond donors (Lipinski definition) is 1. The van der Waals surface area contributed by atoms with Gasteiger partial charge in [0.1, 0.15) is 6.61 Å². The predicted molar refractivity (Wildman–Crippen MR) is 84.4 cm³/mol. The number of methoxy groups -OCH3 is 1. The summed E-state index contributed by atoms with van der Waals surface area (Å²) < 4.78 is 11.9. The molecule has 1 N–H and O–H groups in total. The minimum atomic E-state index is 0.416. The van der Waals surface area contributed by atoms with E-state index in [1.54, 1.807) is 7.11 Å². The van der Waals surface area contributed by atoms with E-state index in [0.717, 1.165) is 21.3 Å². The summed E-state index contributed by atoms with van der Waals surface area (Å²) in [6.07, 6.45) is 0. The van der Waals surface area contributed by atoms with Crippen LogP contribution >= 0.6 is 34.5 Å². The molecule has 0 aliphatic carbocycles. The van der Waals surface area contributed by atoms with Crippen LogP contribution in [0.15, 0.2) is 24.3 Å². The zero-order valence-electron chi connectivity index (χ0n) is 11.2. The van der Waals surface area contributed by atoms with E-state index in [1.807, 2.05) is 31.3 Å². The van der Waals surface area contributed by atoms with Crippen molar-refractivity contribution in [1.29, 1.82) is 0 Å². The van der Waals surface area contributed by atoms with Crippen molar-refractivity contribution in [3.63, 3.8) is 0 Å². The molecule has 0 unspecified atom stereocenters. The maximum atomic E-state index is 6.27. The van der Waals surface area contributed by atoms with Crippen LogP contribution in [0.3, 0.4) is 0 Å². The molecule has 1 heterocycles. The lowest BCUT2D eigenvalue weighted by Gasteiger charge is -2.13. The van der Waals surface area contributed by atoms with Crippen molar-refractivity contribution in [2.75, 3.05) is 14.2 Å². The Hall–Kier alpha value is -0.940. The second-order valence-electron chi connectivity index (χ2n) is 4.13. The molecule has 108 valence electrons. The van der Waals surface area contributed by atoms with Crippen LogP contribution in [0.25, 0.3) is 0 Å². The molecule has 2 aromatic rings. The molecule has 20 heavy (non-hydrogen) atoms. The van der Waals surface area contributed by atoms with E-state index in [2.05, 4.69) is 5.32 Å². The maximum absolute atomic E-state index is 6.27. The van der Waals surface area contributed by atoms with Crippen molar-refractivity contribution < 1.29 is 9.47 Å². The van der Waals surface area contributed by atoms with E-state index in [4.69, 9.17) is 32.7 Å². The molecule has 0 bridgehead atoms. The van der Waals surface area contributed by atoms with Crippen LogP contribution in [0.4, 0.5) is 0 Å². The van der Waals surface area contributed by atoms with Gasteiger partial charge in [-0.3, -0.25) is 0 Å². The Morgan fingerprint density at radius 2 is 2.05 bits per heavy atom. The van der Waals surface area contributed by atoms with Gasteiger partial charge in [-0.25, -0.2) is 0 Å². The van der Waals surface area contributed by atoms with Crippen molar-refractivity contribution in [2.24, 2.45) is 0 Å². The molecule has 0 atom stereocenters. The highest BCUT2D eigenvalue weighted by Crippen LogP contribution is 2.37. The molecule has 0 saturated carbocycles. The number of rotatable bonds is 6. The fourth-order valence-electron chi connectivity index (χ4n) is 1.79. The average molecular weight is 332 g/mol. The maximum Gasteiger partial charge on any atom is 0.180 e. The first-order valence-corrected chi connectivity index (χ1v) is 7.59. The largest absolute Gasteiger partial charge is 0.493 e. The van der Waals surface area contributed by atoms with E-state index in [9.17, 15) is 0 Å². The summed E-state index contributed by atoms with van der Waals surface area (Å²) in [7, 11) is 3.48. The lowest BCUT2D eigenvalue weighted by molar-refractivity contribution is 0.287. The summed E-state index contributed by atoms with van der Waals surface area (Å²) in [5.41, 5.74) is 1.04. The molecule has 6 heteroatoms. The van der Waals surface area contributed by atoms with E-state index >= 15 is 0 Å². The van der Waals surface area contributed by atoms with Crippen LogP contribution in [0.2, 0.25) is 9.36 Å². The molecule has 0 saturated heterocycles. The summed E-state index contributed by atoms with van der Waals surface area (Å²) in [5.74, 6) is 1.18. The van der Waals surface area contributed by atoms with Gasteiger partial charge in [-0.05, 0) is 36.9 Å². The molecule has 0 radical (unpaired) electrons. The van der Waals surface area contributed by atoms with Gasteiger partial charge in [0.25, 0.3) is 0 Å². The lowest BCUT2D eigenvalue weighted by atomic mass is 10.2. The van der Waals surface area contributed by atoms with Gasteiger partial charge in [-0.1, -0.05) is 23.2 Å². The number of hydrogen-bond acceptors (Lipinski definition) is 4. The summed E-state index contributed by atoms with van der Waals surface area (Å²) in [5, 5.41) is 3.61. The second-order valence-corrected chi connectivity index (χ2v) is 6.34. The van der Waals surface area contributed by atoms with Gasteiger partial charge in [0, 0.05) is 11.4 Å². The fraction of sp³-hybridized carbons (Fsp3) is 0.286. The van der Waals surface area contributed by atoms with Crippen LogP contribution in [0.1, 0.15) is 10.4 Å². The highest BCUT2D eigenvalue weighted by molar-refractivity contribution is 7.16. The number of thiophene rings is 1. The molecule has 0 aliphatic heterocycles. The Morgan fingerprint density at radius 1 is 1.25 bits per heavy atom. The predicted octanol–water partition coefficient (Wildman–Crippen LogP) is 4.36. The minimum absolute atomic E-state index is 0.416. The van der Waals surface area contributed by atoms with Gasteiger partial charge in [0.15, 0.2) is 11.5 Å². The molecule has 0 aliphatic rings. The van der Waals surface area contributed by atoms with Crippen molar-refractivity contribution in [3.05, 3.63) is 44.1 Å². The molecule has 2 rings (SSSR count). The van der Waals surface area contributed by atoms with Gasteiger partial charge in [-0.2, -0.15) is 0 Å². The molecule has 1 aromatic heterocycles. The molecular formula is C14H15Cl2NO2S. The normalized spacial score (nSPS) is 10.6. The number of ether oxygens (including phenoxy) is 2. The standard InChI is InChI=1S/C14H15Cl2NO2S/c1-17-7-9-5-11(15)14(12(6-9)18-2)19-8-10-3-4-13(16)20-10/h3-6,17H,7-8H2,1-2H3. The number of halogens is 2. The quantitative estimate of drug-likeness (QED) is 0.852. The van der Waals surface area contributed by atoms with Crippen molar-refractivity contribution in [2.45, 2.75) is 13.2 Å². The van der Waals surface area contributed by atoms with E-state index in [1.165, 1.54) is 11.3 Å². The fourth-order valence-corrected chi connectivity index (χ4v) is 3.08. The number of benzene rings is 1. The van der Waals surface area contributed by atoms with Crippen LogP contribution < -0.4 is 14.8 Å². The van der Waals surface area contributed by atoms with Crippen LogP contribution in [0, 0.1) is 0 Å². The first-order chi connectivity index (χ1) is 9.63. The van der Waals surface area contributed by atoms with E-state index in [-0.39, 0.29) is 0 Å². The first-order valence-electron chi connectivity index (χ1n) is 6.02. The van der Waals surface area contributed by atoms with Gasteiger partial charge in [0.05, 0.1) is 16.5 Å². The smallest absolute Gasteiger partial charge is 0.180 e. The molecular weight excluding hydrogens is 317 g/mol. The monoisotopic (exact) mass is 331 g/mol. The Morgan fingerprint density at radius 3 is 2.65 bits per heavy atom. The van der Waals surface area contributed by atoms with Crippen molar-refractivity contribution in [1.82, 2.24) is 5.32 Å². The van der Waals surface area contributed by atoms with Gasteiger partial charge >= 0.3 is 0 Å². The zero-order chi connectivity index (χ0) is 14.5. The third kappa shape index (κ3) is 3.79. The number of nitrogens with one attached hydrogen (secondary N) is 1. The molecule has 0 fully saturated rings. The summed E-state index contributed by atoms with van der Waals surface area (Å²) in [6, 6.07) is 7.57. The summed E-state index contributed by atoms with van der Waals surface area (Å²) in [6.45, 7) is 1.13. The molecule has 0 amide bonds. The molecule has 0 spiro atoms. The van der Waals surface area contributed by atoms with Crippen molar-refractivity contribution >= 4 is 34.5 Å².